The molecule has 0 aliphatic rings. The van der Waals surface area contributed by atoms with Gasteiger partial charge in [-0.05, 0) is 10.4 Å². The molecule has 0 aliphatic heterocycles. The average Bonchev–Trinajstić information content (AvgIpc) is 2.47. The van der Waals surface area contributed by atoms with Gasteiger partial charge in [-0.15, -0.1) is 11.1 Å². The largest absolute Gasteiger partial charge is 0.161 e. The van der Waals surface area contributed by atoms with Gasteiger partial charge in [0.05, 0.1) is 0 Å². The van der Waals surface area contributed by atoms with Crippen LogP contribution in [0.3, 0.4) is 0 Å². The van der Waals surface area contributed by atoms with Gasteiger partial charge in [-0.1, -0.05) is 86.9 Å². The van der Waals surface area contributed by atoms with Gasteiger partial charge in [-0.2, -0.15) is 0 Å². The minimum Gasteiger partial charge on any atom is -0.133 e. The monoisotopic (exact) mass is 294 g/mol. The fraction of sp³-hybridized carbons (Fsp3) is 0.222. The normalized spacial score (nSPS) is 11.6. The number of hydrogen-bond acceptors (Lipinski definition) is 0. The predicted molar refractivity (Wildman–Crippen MR) is 94.9 cm³/mol. The first-order valence-corrected chi connectivity index (χ1v) is 13.1. The molecule has 0 amide bonds. The van der Waals surface area contributed by atoms with Crippen LogP contribution in [0.1, 0.15) is 0 Å². The van der Waals surface area contributed by atoms with Crippen LogP contribution < -0.4 is 10.4 Å². The second-order valence-electron chi connectivity index (χ2n) is 6.23. The number of hydrogen-bond donors (Lipinski definition) is 0. The Morgan fingerprint density at radius 3 is 1.15 bits per heavy atom. The molecule has 2 aromatic rings. The Kier molecular flexibility index (Phi) is 4.32. The summed E-state index contributed by atoms with van der Waals surface area (Å²) < 4.78 is 0. The quantitative estimate of drug-likeness (QED) is 0.589. The molecule has 2 aromatic carbocycles. The highest BCUT2D eigenvalue weighted by atomic mass is 28.3. The predicted octanol–water partition coefficient (Wildman–Crippen LogP) is 3.30. The molecule has 102 valence electrons. The van der Waals surface area contributed by atoms with Crippen LogP contribution in [-0.4, -0.2) is 16.1 Å². The number of rotatable bonds is 2. The summed E-state index contributed by atoms with van der Waals surface area (Å²) >= 11 is 0. The van der Waals surface area contributed by atoms with Gasteiger partial charge in [0.1, 0.15) is 0 Å². The van der Waals surface area contributed by atoms with E-state index in [1.165, 1.54) is 10.4 Å². The molecule has 0 fully saturated rings. The van der Waals surface area contributed by atoms with Crippen molar-refractivity contribution in [3.05, 3.63) is 60.7 Å². The van der Waals surface area contributed by atoms with E-state index in [1.807, 2.05) is 0 Å². The number of benzene rings is 2. The smallest absolute Gasteiger partial charge is 0.133 e. The molecule has 0 N–H and O–H groups in total. The van der Waals surface area contributed by atoms with Gasteiger partial charge in [0, 0.05) is 0 Å². The van der Waals surface area contributed by atoms with Crippen LogP contribution in [0.2, 0.25) is 26.2 Å². The van der Waals surface area contributed by atoms with Gasteiger partial charge in [0.25, 0.3) is 0 Å². The zero-order chi connectivity index (χ0) is 14.6. The SMILES string of the molecule is C[Si](C)(C#C[Si](C)(C)c1ccccc1)c1ccccc1. The average molecular weight is 295 g/mol. The van der Waals surface area contributed by atoms with Gasteiger partial charge < -0.3 is 0 Å². The van der Waals surface area contributed by atoms with Crippen LogP contribution in [0.5, 0.6) is 0 Å². The molecule has 2 heteroatoms. The standard InChI is InChI=1S/C18H22Si2/c1-19(2,17-11-7-5-8-12-17)15-16-20(3,4)18-13-9-6-10-14-18/h5-14H,1-4H3. The molecule has 0 radical (unpaired) electrons. The Morgan fingerprint density at radius 1 is 0.550 bits per heavy atom. The molecule has 0 aliphatic carbocycles. The van der Waals surface area contributed by atoms with Gasteiger partial charge in [0.2, 0.25) is 0 Å². The van der Waals surface area contributed by atoms with Crippen LogP contribution in [0.15, 0.2) is 60.7 Å². The lowest BCUT2D eigenvalue weighted by Crippen LogP contribution is -2.44. The van der Waals surface area contributed by atoms with E-state index < -0.39 is 16.1 Å². The lowest BCUT2D eigenvalue weighted by Gasteiger charge is -2.19. The maximum atomic E-state index is 3.66. The Bertz CT molecular complexity index is 561. The van der Waals surface area contributed by atoms with Crippen molar-refractivity contribution in [2.45, 2.75) is 26.2 Å². The first kappa shape index (κ1) is 14.8. The molecular formula is C18H22Si2. The molecular weight excluding hydrogens is 272 g/mol. The van der Waals surface area contributed by atoms with E-state index >= 15 is 0 Å². The summed E-state index contributed by atoms with van der Waals surface area (Å²) in [6.07, 6.45) is 0. The molecule has 0 saturated heterocycles. The molecule has 0 atom stereocenters. The summed E-state index contributed by atoms with van der Waals surface area (Å²) in [7, 11) is -3.30. The van der Waals surface area contributed by atoms with Crippen molar-refractivity contribution in [3.8, 4) is 11.1 Å². The third kappa shape index (κ3) is 3.50. The van der Waals surface area contributed by atoms with Crippen molar-refractivity contribution < 1.29 is 0 Å². The third-order valence-electron chi connectivity index (χ3n) is 3.68. The summed E-state index contributed by atoms with van der Waals surface area (Å²) in [4.78, 5) is 0. The Balaban J connectivity index is 2.30. The van der Waals surface area contributed by atoms with Crippen LogP contribution in [0, 0.1) is 11.1 Å². The highest BCUT2D eigenvalue weighted by molar-refractivity contribution is 7.01. The Labute approximate surface area is 124 Å². The van der Waals surface area contributed by atoms with Crippen molar-refractivity contribution in [3.63, 3.8) is 0 Å². The van der Waals surface area contributed by atoms with E-state index in [9.17, 15) is 0 Å². The summed E-state index contributed by atoms with van der Waals surface area (Å²) in [6.45, 7) is 9.35. The summed E-state index contributed by atoms with van der Waals surface area (Å²) in [5.74, 6) is 0. The summed E-state index contributed by atoms with van der Waals surface area (Å²) in [5, 5.41) is 2.84. The first-order chi connectivity index (χ1) is 9.42. The van der Waals surface area contributed by atoms with E-state index in [2.05, 4.69) is 97.9 Å². The van der Waals surface area contributed by atoms with Crippen LogP contribution in [0.25, 0.3) is 0 Å². The summed E-state index contributed by atoms with van der Waals surface area (Å²) in [6, 6.07) is 21.5. The first-order valence-electron chi connectivity index (χ1n) is 7.07. The molecule has 0 nitrogen and oxygen atoms in total. The van der Waals surface area contributed by atoms with Crippen molar-refractivity contribution >= 4 is 26.5 Å². The molecule has 0 heterocycles. The van der Waals surface area contributed by atoms with Crippen LogP contribution in [0.4, 0.5) is 0 Å². The minimum atomic E-state index is -1.65. The lowest BCUT2D eigenvalue weighted by molar-refractivity contribution is 1.71. The van der Waals surface area contributed by atoms with Gasteiger partial charge >= 0.3 is 0 Å². The zero-order valence-corrected chi connectivity index (χ0v) is 14.8. The van der Waals surface area contributed by atoms with Crippen molar-refractivity contribution in [1.82, 2.24) is 0 Å². The van der Waals surface area contributed by atoms with Crippen molar-refractivity contribution in [2.75, 3.05) is 0 Å². The highest BCUT2D eigenvalue weighted by Crippen LogP contribution is 2.05. The second-order valence-corrected chi connectivity index (χ2v) is 14.4. The molecule has 0 aromatic heterocycles. The van der Waals surface area contributed by atoms with E-state index in [0.29, 0.717) is 0 Å². The van der Waals surface area contributed by atoms with Crippen molar-refractivity contribution in [2.24, 2.45) is 0 Å². The van der Waals surface area contributed by atoms with E-state index in [-0.39, 0.29) is 0 Å². The van der Waals surface area contributed by atoms with Crippen LogP contribution >= 0.6 is 0 Å². The fourth-order valence-electron chi connectivity index (χ4n) is 2.17. The molecule has 0 saturated carbocycles. The molecule has 20 heavy (non-hydrogen) atoms. The molecule has 0 unspecified atom stereocenters. The molecule has 0 bridgehead atoms. The van der Waals surface area contributed by atoms with E-state index in [4.69, 9.17) is 0 Å². The van der Waals surface area contributed by atoms with E-state index in [1.54, 1.807) is 0 Å². The maximum absolute atomic E-state index is 3.66. The zero-order valence-electron chi connectivity index (χ0n) is 12.8. The van der Waals surface area contributed by atoms with Crippen molar-refractivity contribution in [1.29, 1.82) is 0 Å². The van der Waals surface area contributed by atoms with E-state index in [0.717, 1.165) is 0 Å². The topological polar surface area (TPSA) is 0 Å². The Morgan fingerprint density at radius 2 is 0.850 bits per heavy atom. The van der Waals surface area contributed by atoms with Crippen LogP contribution in [-0.2, 0) is 0 Å². The summed E-state index contributed by atoms with van der Waals surface area (Å²) in [5.41, 5.74) is 7.33. The fourth-order valence-corrected chi connectivity index (χ4v) is 7.01. The van der Waals surface area contributed by atoms with Gasteiger partial charge in [-0.25, -0.2) is 0 Å². The highest BCUT2D eigenvalue weighted by Gasteiger charge is 2.24. The van der Waals surface area contributed by atoms with Gasteiger partial charge in [0.15, 0.2) is 16.1 Å². The Hall–Kier alpha value is -1.57. The minimum absolute atomic E-state index is 1.42. The van der Waals surface area contributed by atoms with Gasteiger partial charge in [-0.3, -0.25) is 0 Å². The second kappa shape index (κ2) is 5.82. The molecule has 0 spiro atoms. The lowest BCUT2D eigenvalue weighted by atomic mass is 10.4. The molecule has 2 rings (SSSR count). The maximum Gasteiger partial charge on any atom is 0.161 e. The third-order valence-corrected chi connectivity index (χ3v) is 8.98.